The first-order valence-corrected chi connectivity index (χ1v) is 13.0. The predicted molar refractivity (Wildman–Crippen MR) is 149 cm³/mol. The number of primary amides is 1. The van der Waals surface area contributed by atoms with E-state index < -0.39 is 5.91 Å². The summed E-state index contributed by atoms with van der Waals surface area (Å²) < 4.78 is 9.46. The Hall–Kier alpha value is -4.20. The number of carbonyl (C=O) groups is 1. The number of carbonyl (C=O) groups excluding carboxylic acids is 1. The lowest BCUT2D eigenvalue weighted by atomic mass is 10.0. The van der Waals surface area contributed by atoms with Crippen molar-refractivity contribution in [3.05, 3.63) is 108 Å². The van der Waals surface area contributed by atoms with Gasteiger partial charge in [-0.2, -0.15) is 5.10 Å². The minimum absolute atomic E-state index is 0.271. The molecule has 38 heavy (non-hydrogen) atoms. The Kier molecular flexibility index (Phi) is 6.54. The van der Waals surface area contributed by atoms with E-state index in [1.54, 1.807) is 10.7 Å². The summed E-state index contributed by atoms with van der Waals surface area (Å²) in [4.78, 5) is 13.9. The molecule has 3 heterocycles. The minimum Gasteiger partial charge on any atom is -0.379 e. The van der Waals surface area contributed by atoms with Crippen molar-refractivity contribution in [3.63, 3.8) is 0 Å². The molecule has 5 aromatic rings. The molecule has 7 heteroatoms. The molecule has 0 radical (unpaired) electrons. The van der Waals surface area contributed by atoms with Gasteiger partial charge in [0.1, 0.15) is 0 Å². The largest absolute Gasteiger partial charge is 0.379 e. The SMILES string of the molecule is Cc1cc(C(N)=O)nn1-c1ccc2c(ccn2Cc2ccc(-c3ccc(CN4CCOCC4)cc3)cc2)c1. The van der Waals surface area contributed by atoms with Gasteiger partial charge in [-0.1, -0.05) is 48.5 Å². The molecule has 0 bridgehead atoms. The van der Waals surface area contributed by atoms with Gasteiger partial charge in [-0.25, -0.2) is 4.68 Å². The van der Waals surface area contributed by atoms with Crippen molar-refractivity contribution < 1.29 is 9.53 Å². The van der Waals surface area contributed by atoms with E-state index in [4.69, 9.17) is 10.5 Å². The van der Waals surface area contributed by atoms with Crippen LogP contribution in [0.25, 0.3) is 27.7 Å². The molecule has 1 aliphatic rings. The van der Waals surface area contributed by atoms with Gasteiger partial charge in [-0.3, -0.25) is 9.69 Å². The Bertz CT molecular complexity index is 1580. The molecule has 0 unspecified atom stereocenters. The summed E-state index contributed by atoms with van der Waals surface area (Å²) in [6, 6.07) is 27.7. The number of aryl methyl sites for hydroxylation is 1. The highest BCUT2D eigenvalue weighted by Crippen LogP contribution is 2.24. The Labute approximate surface area is 222 Å². The van der Waals surface area contributed by atoms with Gasteiger partial charge >= 0.3 is 0 Å². The van der Waals surface area contributed by atoms with E-state index in [1.165, 1.54) is 22.3 Å². The second-order valence-corrected chi connectivity index (χ2v) is 9.92. The third-order valence-corrected chi connectivity index (χ3v) is 7.24. The monoisotopic (exact) mass is 505 g/mol. The van der Waals surface area contributed by atoms with Crippen LogP contribution in [-0.2, 0) is 17.8 Å². The number of hydrogen-bond donors (Lipinski definition) is 1. The first-order chi connectivity index (χ1) is 18.5. The van der Waals surface area contributed by atoms with E-state index in [9.17, 15) is 4.79 Å². The van der Waals surface area contributed by atoms with Crippen LogP contribution in [0.2, 0.25) is 0 Å². The first kappa shape index (κ1) is 24.2. The van der Waals surface area contributed by atoms with Crippen LogP contribution in [0.1, 0.15) is 27.3 Å². The smallest absolute Gasteiger partial charge is 0.269 e. The average molecular weight is 506 g/mol. The fourth-order valence-electron chi connectivity index (χ4n) is 5.13. The number of aromatic nitrogens is 3. The molecule has 1 saturated heterocycles. The van der Waals surface area contributed by atoms with Gasteiger partial charge in [0, 0.05) is 49.0 Å². The zero-order valence-electron chi connectivity index (χ0n) is 21.5. The summed E-state index contributed by atoms with van der Waals surface area (Å²) in [7, 11) is 0. The fourth-order valence-corrected chi connectivity index (χ4v) is 5.13. The van der Waals surface area contributed by atoms with Crippen molar-refractivity contribution in [1.29, 1.82) is 0 Å². The van der Waals surface area contributed by atoms with Crippen LogP contribution in [0.4, 0.5) is 0 Å². The Morgan fingerprint density at radius 2 is 1.53 bits per heavy atom. The zero-order valence-corrected chi connectivity index (χ0v) is 21.5. The molecule has 1 aliphatic heterocycles. The first-order valence-electron chi connectivity index (χ1n) is 13.0. The number of ether oxygens (including phenoxy) is 1. The Balaban J connectivity index is 1.15. The van der Waals surface area contributed by atoms with Crippen LogP contribution < -0.4 is 5.73 Å². The third-order valence-electron chi connectivity index (χ3n) is 7.24. The minimum atomic E-state index is -0.522. The van der Waals surface area contributed by atoms with Gasteiger partial charge in [0.05, 0.1) is 18.9 Å². The number of fused-ring (bicyclic) bond motifs is 1. The van der Waals surface area contributed by atoms with Gasteiger partial charge in [0.2, 0.25) is 0 Å². The summed E-state index contributed by atoms with van der Waals surface area (Å²) in [5.41, 5.74) is 13.6. The van der Waals surface area contributed by atoms with Crippen molar-refractivity contribution in [2.45, 2.75) is 20.0 Å². The molecule has 2 aromatic heterocycles. The molecular formula is C31H31N5O2. The number of nitrogens with zero attached hydrogens (tertiary/aromatic N) is 4. The zero-order chi connectivity index (χ0) is 26.1. The molecule has 1 fully saturated rings. The molecule has 2 N–H and O–H groups in total. The van der Waals surface area contributed by atoms with Crippen LogP contribution in [-0.4, -0.2) is 51.5 Å². The maximum Gasteiger partial charge on any atom is 0.269 e. The van der Waals surface area contributed by atoms with Gasteiger partial charge in [0.15, 0.2) is 5.69 Å². The molecule has 6 rings (SSSR count). The molecule has 0 spiro atoms. The van der Waals surface area contributed by atoms with E-state index in [0.717, 1.165) is 61.7 Å². The van der Waals surface area contributed by atoms with Crippen LogP contribution in [0.15, 0.2) is 85.1 Å². The lowest BCUT2D eigenvalue weighted by Gasteiger charge is -2.26. The normalized spacial score (nSPS) is 14.2. The number of nitrogens with two attached hydrogens (primary N) is 1. The highest BCUT2D eigenvalue weighted by atomic mass is 16.5. The summed E-state index contributed by atoms with van der Waals surface area (Å²) in [5, 5.41) is 5.47. The highest BCUT2D eigenvalue weighted by Gasteiger charge is 2.12. The Morgan fingerprint density at radius 3 is 2.16 bits per heavy atom. The van der Waals surface area contributed by atoms with E-state index in [0.29, 0.717) is 0 Å². The summed E-state index contributed by atoms with van der Waals surface area (Å²) in [5.74, 6) is -0.522. The van der Waals surface area contributed by atoms with Crippen molar-refractivity contribution in [3.8, 4) is 16.8 Å². The van der Waals surface area contributed by atoms with Crippen molar-refractivity contribution in [2.75, 3.05) is 26.3 Å². The molecule has 0 aliphatic carbocycles. The fraction of sp³-hybridized carbons (Fsp3) is 0.226. The molecule has 0 saturated carbocycles. The maximum atomic E-state index is 11.5. The second-order valence-electron chi connectivity index (χ2n) is 9.92. The van der Waals surface area contributed by atoms with E-state index >= 15 is 0 Å². The number of rotatable bonds is 7. The Morgan fingerprint density at radius 1 is 0.868 bits per heavy atom. The molecular weight excluding hydrogens is 474 g/mol. The average Bonchev–Trinajstić information content (AvgIpc) is 3.53. The number of amides is 1. The molecule has 3 aromatic carbocycles. The van der Waals surface area contributed by atoms with E-state index in [1.807, 2.05) is 13.0 Å². The van der Waals surface area contributed by atoms with E-state index in [2.05, 4.69) is 87.5 Å². The van der Waals surface area contributed by atoms with Gasteiger partial charge in [-0.05, 0) is 59.5 Å². The summed E-state index contributed by atoms with van der Waals surface area (Å²) in [6.45, 7) is 7.34. The van der Waals surface area contributed by atoms with E-state index in [-0.39, 0.29) is 5.69 Å². The van der Waals surface area contributed by atoms with Crippen LogP contribution in [0.3, 0.4) is 0 Å². The predicted octanol–water partition coefficient (Wildman–Crippen LogP) is 4.78. The van der Waals surface area contributed by atoms with Crippen molar-refractivity contribution in [2.24, 2.45) is 5.73 Å². The quantitative estimate of drug-likeness (QED) is 0.345. The van der Waals surface area contributed by atoms with Crippen molar-refractivity contribution in [1.82, 2.24) is 19.2 Å². The van der Waals surface area contributed by atoms with Gasteiger partial charge in [0.25, 0.3) is 5.91 Å². The lowest BCUT2D eigenvalue weighted by molar-refractivity contribution is 0.0342. The number of benzene rings is 3. The topological polar surface area (TPSA) is 78.3 Å². The van der Waals surface area contributed by atoms with Crippen LogP contribution >= 0.6 is 0 Å². The molecule has 1 amide bonds. The number of hydrogen-bond acceptors (Lipinski definition) is 4. The summed E-state index contributed by atoms with van der Waals surface area (Å²) in [6.07, 6.45) is 2.11. The summed E-state index contributed by atoms with van der Waals surface area (Å²) >= 11 is 0. The molecule has 0 atom stereocenters. The van der Waals surface area contributed by atoms with Crippen LogP contribution in [0.5, 0.6) is 0 Å². The van der Waals surface area contributed by atoms with Crippen LogP contribution in [0, 0.1) is 6.92 Å². The number of morpholine rings is 1. The van der Waals surface area contributed by atoms with Gasteiger partial charge < -0.3 is 15.0 Å². The second kappa shape index (κ2) is 10.3. The highest BCUT2D eigenvalue weighted by molar-refractivity contribution is 5.91. The molecule has 7 nitrogen and oxygen atoms in total. The standard InChI is InChI=1S/C31H31N5O2/c1-22-18-29(31(32)37)33-36(22)28-10-11-30-27(19-28)12-13-35(30)21-24-4-8-26(9-5-24)25-6-2-23(3-7-25)20-34-14-16-38-17-15-34/h2-13,18-19H,14-17,20-21H2,1H3,(H2,32,37). The lowest BCUT2D eigenvalue weighted by Crippen LogP contribution is -2.35. The van der Waals surface area contributed by atoms with Gasteiger partial charge in [-0.15, -0.1) is 0 Å². The third kappa shape index (κ3) is 4.98. The molecule has 192 valence electrons. The van der Waals surface area contributed by atoms with Crippen molar-refractivity contribution >= 4 is 16.8 Å². The maximum absolute atomic E-state index is 11.5.